The summed E-state index contributed by atoms with van der Waals surface area (Å²) < 4.78 is 2.45. The average molecular weight is 1130 g/mol. The molecule has 3 aliphatic rings. The number of anilines is 6. The van der Waals surface area contributed by atoms with Crippen molar-refractivity contribution in [1.82, 2.24) is 19.5 Å². The molecule has 0 N–H and O–H groups in total. The Labute approximate surface area is 516 Å². The van der Waals surface area contributed by atoms with Crippen molar-refractivity contribution < 1.29 is 0 Å². The first-order chi connectivity index (χ1) is 44.1. The largest absolute Gasteiger partial charge is 0.311 e. The minimum atomic E-state index is 0.147. The maximum absolute atomic E-state index is 5.24. The molecule has 7 heteroatoms. The number of hydrogen-bond acceptors (Lipinski definition) is 5. The molecular formula is C82H53BN6. The lowest BCUT2D eigenvalue weighted by Crippen LogP contribution is -2.64. The van der Waals surface area contributed by atoms with Crippen molar-refractivity contribution in [1.29, 1.82) is 0 Å². The van der Waals surface area contributed by atoms with E-state index in [4.69, 9.17) is 15.0 Å². The van der Waals surface area contributed by atoms with E-state index in [9.17, 15) is 0 Å². The molecule has 0 radical (unpaired) electrons. The maximum Gasteiger partial charge on any atom is 0.252 e. The molecule has 89 heavy (non-hydrogen) atoms. The molecule has 0 saturated heterocycles. The van der Waals surface area contributed by atoms with E-state index in [0.717, 1.165) is 67.8 Å². The van der Waals surface area contributed by atoms with Crippen molar-refractivity contribution in [3.63, 3.8) is 0 Å². The van der Waals surface area contributed by atoms with Crippen LogP contribution in [0.5, 0.6) is 0 Å². The summed E-state index contributed by atoms with van der Waals surface area (Å²) in [6.07, 6.45) is 0.906. The highest BCUT2D eigenvalue weighted by atomic mass is 15.2. The average Bonchev–Trinajstić information content (AvgIpc) is 1.22. The summed E-state index contributed by atoms with van der Waals surface area (Å²) >= 11 is 0. The predicted molar refractivity (Wildman–Crippen MR) is 369 cm³/mol. The fraction of sp³-hybridized carbons (Fsp3) is 0.0122. The number of aromatic nitrogens is 4. The zero-order chi connectivity index (χ0) is 58.5. The van der Waals surface area contributed by atoms with E-state index in [2.05, 4.69) is 287 Å². The van der Waals surface area contributed by atoms with Crippen molar-refractivity contribution in [3.05, 3.63) is 321 Å². The van der Waals surface area contributed by atoms with Crippen molar-refractivity contribution in [2.75, 3.05) is 9.80 Å². The minimum absolute atomic E-state index is 0.147. The van der Waals surface area contributed by atoms with E-state index < -0.39 is 0 Å². The van der Waals surface area contributed by atoms with Gasteiger partial charge in [0.25, 0.3) is 6.71 Å². The number of rotatable bonds is 10. The molecule has 18 rings (SSSR count). The summed E-state index contributed by atoms with van der Waals surface area (Å²) in [5.41, 5.74) is 29.4. The Hall–Kier alpha value is -11.7. The van der Waals surface area contributed by atoms with E-state index in [-0.39, 0.29) is 6.71 Å². The second-order valence-corrected chi connectivity index (χ2v) is 23.5. The van der Waals surface area contributed by atoms with Crippen LogP contribution in [-0.2, 0) is 6.42 Å². The van der Waals surface area contributed by atoms with E-state index in [1.165, 1.54) is 89.0 Å². The molecule has 0 aliphatic carbocycles. The van der Waals surface area contributed by atoms with Gasteiger partial charge in [-0.2, -0.15) is 0 Å². The lowest BCUT2D eigenvalue weighted by atomic mass is 9.30. The van der Waals surface area contributed by atoms with Gasteiger partial charge in [0.05, 0.1) is 16.7 Å². The molecule has 0 atom stereocenters. The number of nitrogens with zero attached hydrogens (tertiary/aromatic N) is 6. The quantitative estimate of drug-likeness (QED) is 0.128. The molecule has 3 aliphatic heterocycles. The highest BCUT2D eigenvalue weighted by Gasteiger charge is 2.46. The molecule has 0 amide bonds. The standard InChI is InChI=1S/C82H53BN6/c1-6-19-53(20-7-1)60-41-46-71-68(50-60)69-51-61(54-21-8-2-9-22-54)42-47-72(69)89(71)70-48-43-64(82-85-80(58-23-10-3-11-24-58)84-81(86-82)59-25-12-4-13-26-59)52-67(70)57-37-35-55(36-38-57)56-39-44-66(45-40-56)88-74-32-17-28-63-49-62-27-16-31-73-77(62)83(78(63)74)79-75(33-18-34-76(79)88)87(73)65-29-14-5-15-30-65/h1-48,50-52H,49H2. The third-order valence-electron chi connectivity index (χ3n) is 18.5. The van der Waals surface area contributed by atoms with Crippen LogP contribution in [-0.4, -0.2) is 26.2 Å². The van der Waals surface area contributed by atoms with Gasteiger partial charge in [-0.1, -0.05) is 218 Å². The highest BCUT2D eigenvalue weighted by molar-refractivity contribution is 7.01. The molecule has 13 aromatic carbocycles. The summed E-state index contributed by atoms with van der Waals surface area (Å²) in [4.78, 5) is 20.5. The van der Waals surface area contributed by atoms with Gasteiger partial charge in [0.1, 0.15) is 0 Å². The van der Waals surface area contributed by atoms with Crippen LogP contribution in [0.2, 0.25) is 0 Å². The van der Waals surface area contributed by atoms with Gasteiger partial charge in [-0.05, 0) is 164 Å². The lowest BCUT2D eigenvalue weighted by molar-refractivity contribution is 1.07. The number of fused-ring (bicyclic) bond motifs is 3. The summed E-state index contributed by atoms with van der Waals surface area (Å²) in [5, 5.41) is 2.37. The summed E-state index contributed by atoms with van der Waals surface area (Å²) in [5.74, 6) is 1.84. The van der Waals surface area contributed by atoms with Gasteiger partial charge in [0.15, 0.2) is 17.5 Å². The first kappa shape index (κ1) is 50.6. The fourth-order valence-electron chi connectivity index (χ4n) is 14.4. The van der Waals surface area contributed by atoms with Crippen molar-refractivity contribution in [2.24, 2.45) is 0 Å². The SMILES string of the molecule is c1ccc(-c2ccc3c(c2)c2cc(-c4ccccc4)ccc2n3-c2ccc(-c3nc(-c4ccccc4)nc(-c4ccccc4)n3)cc2-c2ccc(-c3ccc(N4c5cccc6c5B5c7c(cccc7N(c7ccccc7)c7cccc4c75)C6)cc3)cc2)cc1. The number of hydrogen-bond donors (Lipinski definition) is 0. The zero-order valence-corrected chi connectivity index (χ0v) is 48.4. The Morgan fingerprint density at radius 3 is 1.12 bits per heavy atom. The first-order valence-electron chi connectivity index (χ1n) is 30.6. The number of benzene rings is 13. The van der Waals surface area contributed by atoms with Gasteiger partial charge in [-0.15, -0.1) is 0 Å². The Morgan fingerprint density at radius 2 is 0.629 bits per heavy atom. The zero-order valence-electron chi connectivity index (χ0n) is 48.4. The van der Waals surface area contributed by atoms with Crippen molar-refractivity contribution in [2.45, 2.75) is 6.42 Å². The van der Waals surface area contributed by atoms with Gasteiger partial charge in [-0.25, -0.2) is 15.0 Å². The van der Waals surface area contributed by atoms with Crippen LogP contribution in [0.15, 0.2) is 309 Å². The summed E-state index contributed by atoms with van der Waals surface area (Å²) in [6.45, 7) is 0.147. The van der Waals surface area contributed by atoms with Crippen LogP contribution in [0.3, 0.4) is 0 Å². The third kappa shape index (κ3) is 8.31. The Bertz CT molecular complexity index is 5110. The summed E-state index contributed by atoms with van der Waals surface area (Å²) in [7, 11) is 0. The molecule has 6 nitrogen and oxygen atoms in total. The third-order valence-corrected chi connectivity index (χ3v) is 18.5. The first-order valence-corrected chi connectivity index (χ1v) is 30.6. The van der Waals surface area contributed by atoms with E-state index in [1.807, 2.05) is 36.4 Å². The molecular weight excluding hydrogens is 1080 g/mol. The van der Waals surface area contributed by atoms with Gasteiger partial charge < -0.3 is 14.4 Å². The van der Waals surface area contributed by atoms with E-state index >= 15 is 0 Å². The molecule has 0 spiro atoms. The van der Waals surface area contributed by atoms with E-state index in [0.29, 0.717) is 17.5 Å². The van der Waals surface area contributed by atoms with Gasteiger partial charge in [0.2, 0.25) is 0 Å². The van der Waals surface area contributed by atoms with Gasteiger partial charge in [-0.3, -0.25) is 0 Å². The Kier molecular flexibility index (Phi) is 11.7. The molecule has 0 unspecified atom stereocenters. The normalized spacial score (nSPS) is 12.6. The van der Waals surface area contributed by atoms with E-state index in [1.54, 1.807) is 0 Å². The number of para-hydroxylation sites is 1. The maximum atomic E-state index is 5.24. The molecule has 0 saturated carbocycles. The molecule has 0 fully saturated rings. The second-order valence-electron chi connectivity index (χ2n) is 23.5. The van der Waals surface area contributed by atoms with Crippen LogP contribution in [0.25, 0.3) is 106 Å². The minimum Gasteiger partial charge on any atom is -0.311 e. The molecule has 5 heterocycles. The van der Waals surface area contributed by atoms with Crippen LogP contribution >= 0.6 is 0 Å². The highest BCUT2D eigenvalue weighted by Crippen LogP contribution is 2.47. The monoisotopic (exact) mass is 1130 g/mol. The molecule has 15 aromatic rings. The topological polar surface area (TPSA) is 50.1 Å². The fourth-order valence-corrected chi connectivity index (χ4v) is 14.4. The lowest BCUT2D eigenvalue weighted by Gasteiger charge is -2.46. The summed E-state index contributed by atoms with van der Waals surface area (Å²) in [6, 6.07) is 112. The predicted octanol–water partition coefficient (Wildman–Crippen LogP) is 18.6. The smallest absolute Gasteiger partial charge is 0.252 e. The second kappa shape index (κ2) is 20.5. The van der Waals surface area contributed by atoms with Crippen LogP contribution < -0.4 is 26.2 Å². The molecule has 414 valence electrons. The Balaban J connectivity index is 0.775. The molecule has 2 aromatic heterocycles. The van der Waals surface area contributed by atoms with Crippen LogP contribution in [0.4, 0.5) is 34.1 Å². The van der Waals surface area contributed by atoms with Gasteiger partial charge >= 0.3 is 0 Å². The van der Waals surface area contributed by atoms with Crippen LogP contribution in [0, 0.1) is 0 Å². The van der Waals surface area contributed by atoms with Crippen molar-refractivity contribution >= 4 is 79.0 Å². The van der Waals surface area contributed by atoms with Gasteiger partial charge in [0, 0.05) is 67.2 Å². The van der Waals surface area contributed by atoms with Crippen molar-refractivity contribution in [3.8, 4) is 84.4 Å². The van der Waals surface area contributed by atoms with Crippen LogP contribution in [0.1, 0.15) is 11.1 Å². The molecule has 0 bridgehead atoms. The Morgan fingerprint density at radius 1 is 0.258 bits per heavy atom.